The molecule has 1 aromatic carbocycles. The van der Waals surface area contributed by atoms with E-state index >= 15 is 0 Å². The Morgan fingerprint density at radius 2 is 1.92 bits per heavy atom. The third-order valence-electron chi connectivity index (χ3n) is 4.67. The Balaban J connectivity index is 2.43. The van der Waals surface area contributed by atoms with Gasteiger partial charge >= 0.3 is 7.12 Å². The van der Waals surface area contributed by atoms with Crippen LogP contribution in [0.4, 0.5) is 0 Å². The summed E-state index contributed by atoms with van der Waals surface area (Å²) in [7, 11) is 2.97. The number of methoxy groups -OCH3 is 1. The van der Waals surface area contributed by atoms with Crippen molar-refractivity contribution >= 4 is 13.2 Å². The molecule has 6 heteroatoms. The molecule has 5 nitrogen and oxygen atoms in total. The summed E-state index contributed by atoms with van der Waals surface area (Å²) in [6.45, 7) is 8.69. The van der Waals surface area contributed by atoms with Gasteiger partial charge in [0.15, 0.2) is 0 Å². The van der Waals surface area contributed by atoms with Crippen LogP contribution >= 0.6 is 0 Å². The highest BCUT2D eigenvalue weighted by molar-refractivity contribution is 6.56. The molecule has 0 unspecified atom stereocenters. The van der Waals surface area contributed by atoms with Crippen molar-refractivity contribution < 1.29 is 14.0 Å². The fourth-order valence-corrected chi connectivity index (χ4v) is 2.56. The zero-order valence-electron chi connectivity index (χ0n) is 15.3. The zero-order valence-corrected chi connectivity index (χ0v) is 15.3. The summed E-state index contributed by atoms with van der Waals surface area (Å²) in [6.07, 6.45) is 1.94. The molecule has 2 rings (SSSR count). The fraction of sp³-hybridized carbons (Fsp3) is 0.500. The molecular formula is C18H25BN2O3. The van der Waals surface area contributed by atoms with Gasteiger partial charge in [-0.15, -0.1) is 0 Å². The molecule has 0 bridgehead atoms. The molecule has 0 aromatic heterocycles. The molecule has 24 heavy (non-hydrogen) atoms. The number of nitriles is 1. The van der Waals surface area contributed by atoms with Gasteiger partial charge in [0.2, 0.25) is 0 Å². The average Bonchev–Trinajstić information content (AvgIpc) is 2.74. The van der Waals surface area contributed by atoms with Crippen LogP contribution in [0, 0.1) is 11.3 Å². The lowest BCUT2D eigenvalue weighted by Gasteiger charge is -2.32. The van der Waals surface area contributed by atoms with E-state index in [-0.39, 0.29) is 0 Å². The van der Waals surface area contributed by atoms with Gasteiger partial charge in [0.1, 0.15) is 17.4 Å². The molecule has 1 saturated heterocycles. The van der Waals surface area contributed by atoms with Crippen LogP contribution in [0.2, 0.25) is 0 Å². The molecule has 0 radical (unpaired) electrons. The van der Waals surface area contributed by atoms with Gasteiger partial charge in [-0.25, -0.2) is 0 Å². The maximum absolute atomic E-state index is 9.47. The predicted molar refractivity (Wildman–Crippen MR) is 95.7 cm³/mol. The number of ether oxygens (including phenoxy) is 1. The predicted octanol–water partition coefficient (Wildman–Crippen LogP) is 2.80. The molecule has 1 aliphatic heterocycles. The van der Waals surface area contributed by atoms with Crippen LogP contribution in [0.1, 0.15) is 38.8 Å². The lowest BCUT2D eigenvalue weighted by atomic mass is 9.76. The van der Waals surface area contributed by atoms with E-state index < -0.39 is 18.3 Å². The molecule has 128 valence electrons. The standard InChI is InChI=1S/C18H25BN2O3/c1-17(2)18(3,4)24-19(23-17)14(12-21-5)10-13-8-7-9-16(22-6)15(13)11-20/h7-10,21H,12H2,1-6H3. The molecular weight excluding hydrogens is 303 g/mol. The molecule has 0 aliphatic carbocycles. The molecule has 0 amide bonds. The molecule has 0 atom stereocenters. The van der Waals surface area contributed by atoms with Gasteiger partial charge in [-0.1, -0.05) is 18.2 Å². The van der Waals surface area contributed by atoms with Crippen LogP contribution in [0.3, 0.4) is 0 Å². The summed E-state index contributed by atoms with van der Waals surface area (Å²) in [5.41, 5.74) is 1.41. The Bertz CT molecular complexity index is 661. The minimum absolute atomic E-state index is 0.406. The Labute approximate surface area is 144 Å². The van der Waals surface area contributed by atoms with Crippen molar-refractivity contribution in [3.8, 4) is 11.8 Å². The molecule has 1 N–H and O–H groups in total. The summed E-state index contributed by atoms with van der Waals surface area (Å²) >= 11 is 0. The second-order valence-electron chi connectivity index (χ2n) is 6.87. The minimum atomic E-state index is -0.458. The van der Waals surface area contributed by atoms with Crippen LogP contribution in [0.5, 0.6) is 5.75 Å². The van der Waals surface area contributed by atoms with Gasteiger partial charge in [0.25, 0.3) is 0 Å². The van der Waals surface area contributed by atoms with E-state index in [0.717, 1.165) is 11.0 Å². The molecule has 1 fully saturated rings. The molecule has 0 spiro atoms. The van der Waals surface area contributed by atoms with Crippen LogP contribution in [-0.2, 0) is 9.31 Å². The van der Waals surface area contributed by atoms with E-state index in [1.807, 2.05) is 53.0 Å². The third-order valence-corrected chi connectivity index (χ3v) is 4.67. The Hall–Kier alpha value is -1.81. The van der Waals surface area contributed by atoms with Crippen LogP contribution < -0.4 is 10.1 Å². The highest BCUT2D eigenvalue weighted by Gasteiger charge is 2.52. The largest absolute Gasteiger partial charge is 0.495 e. The third kappa shape index (κ3) is 3.49. The summed E-state index contributed by atoms with van der Waals surface area (Å²) in [6, 6.07) is 7.75. The first-order valence-electron chi connectivity index (χ1n) is 8.03. The summed E-state index contributed by atoms with van der Waals surface area (Å²) in [5, 5.41) is 12.6. The van der Waals surface area contributed by atoms with Gasteiger partial charge in [-0.3, -0.25) is 0 Å². The van der Waals surface area contributed by atoms with Gasteiger partial charge in [-0.2, -0.15) is 5.26 Å². The van der Waals surface area contributed by atoms with Crippen LogP contribution in [-0.4, -0.2) is 39.0 Å². The Kier molecular flexibility index (Phi) is 5.39. The fourth-order valence-electron chi connectivity index (χ4n) is 2.56. The number of nitrogens with one attached hydrogen (secondary N) is 1. The highest BCUT2D eigenvalue weighted by Crippen LogP contribution is 2.39. The second kappa shape index (κ2) is 6.98. The maximum Gasteiger partial charge on any atom is 0.491 e. The first-order chi connectivity index (χ1) is 11.3. The Morgan fingerprint density at radius 1 is 1.29 bits per heavy atom. The van der Waals surface area contributed by atoms with E-state index in [1.165, 1.54) is 0 Å². The normalized spacial score (nSPS) is 19.2. The van der Waals surface area contributed by atoms with Crippen molar-refractivity contribution in [3.05, 3.63) is 34.8 Å². The van der Waals surface area contributed by atoms with Crippen molar-refractivity contribution in [2.45, 2.75) is 38.9 Å². The van der Waals surface area contributed by atoms with Gasteiger partial charge in [0.05, 0.1) is 18.3 Å². The number of hydrogen-bond acceptors (Lipinski definition) is 5. The van der Waals surface area contributed by atoms with E-state index in [4.69, 9.17) is 14.0 Å². The highest BCUT2D eigenvalue weighted by atomic mass is 16.7. The van der Waals surface area contributed by atoms with Gasteiger partial charge in [0, 0.05) is 6.54 Å². The van der Waals surface area contributed by atoms with E-state index in [2.05, 4.69) is 11.4 Å². The minimum Gasteiger partial charge on any atom is -0.495 e. The quantitative estimate of drug-likeness (QED) is 0.842. The van der Waals surface area contributed by atoms with Crippen molar-refractivity contribution in [2.75, 3.05) is 20.7 Å². The topological polar surface area (TPSA) is 63.5 Å². The summed E-state index contributed by atoms with van der Waals surface area (Å²) in [4.78, 5) is 0. The monoisotopic (exact) mass is 328 g/mol. The summed E-state index contributed by atoms with van der Waals surface area (Å²) < 4.78 is 17.6. The smallest absolute Gasteiger partial charge is 0.491 e. The van der Waals surface area contributed by atoms with E-state index in [0.29, 0.717) is 17.9 Å². The first-order valence-corrected chi connectivity index (χ1v) is 8.03. The Morgan fingerprint density at radius 3 is 2.42 bits per heavy atom. The molecule has 0 saturated carbocycles. The number of likely N-dealkylation sites (N-methyl/N-ethyl adjacent to an activating group) is 1. The number of rotatable bonds is 5. The zero-order chi connectivity index (χ0) is 18.0. The number of benzene rings is 1. The second-order valence-corrected chi connectivity index (χ2v) is 6.87. The van der Waals surface area contributed by atoms with Crippen LogP contribution in [0.15, 0.2) is 23.7 Å². The molecule has 1 aliphatic rings. The van der Waals surface area contributed by atoms with Crippen molar-refractivity contribution in [2.24, 2.45) is 0 Å². The maximum atomic E-state index is 9.47. The number of nitrogens with zero attached hydrogens (tertiary/aromatic N) is 1. The van der Waals surface area contributed by atoms with Crippen molar-refractivity contribution in [1.82, 2.24) is 5.32 Å². The van der Waals surface area contributed by atoms with E-state index in [1.54, 1.807) is 13.2 Å². The molecule has 1 aromatic rings. The molecule has 1 heterocycles. The van der Waals surface area contributed by atoms with Crippen molar-refractivity contribution in [3.63, 3.8) is 0 Å². The van der Waals surface area contributed by atoms with Gasteiger partial charge in [-0.05, 0) is 51.8 Å². The summed E-state index contributed by atoms with van der Waals surface area (Å²) in [5.74, 6) is 0.559. The van der Waals surface area contributed by atoms with Crippen molar-refractivity contribution in [1.29, 1.82) is 5.26 Å². The van der Waals surface area contributed by atoms with Gasteiger partial charge < -0.3 is 19.4 Å². The SMILES string of the molecule is CNCC(=Cc1cccc(OC)c1C#N)B1OC(C)(C)C(C)(C)O1. The average molecular weight is 328 g/mol. The van der Waals surface area contributed by atoms with Crippen LogP contribution in [0.25, 0.3) is 6.08 Å². The number of hydrogen-bond donors (Lipinski definition) is 1. The van der Waals surface area contributed by atoms with E-state index in [9.17, 15) is 5.26 Å². The lowest BCUT2D eigenvalue weighted by molar-refractivity contribution is 0.00578. The lowest BCUT2D eigenvalue weighted by Crippen LogP contribution is -2.41. The first kappa shape index (κ1) is 18.5.